The summed E-state index contributed by atoms with van der Waals surface area (Å²) in [6.45, 7) is 4.57. The molecule has 1 heterocycles. The molecule has 0 aromatic carbocycles. The van der Waals surface area contributed by atoms with E-state index in [1.54, 1.807) is 0 Å². The highest BCUT2D eigenvalue weighted by Crippen LogP contribution is 2.23. The molecule has 0 aliphatic carbocycles. The van der Waals surface area contributed by atoms with Crippen molar-refractivity contribution in [2.24, 2.45) is 0 Å². The molecule has 1 nitrogen and oxygen atoms in total. The average molecular weight is 249 g/mol. The summed E-state index contributed by atoms with van der Waals surface area (Å²) in [4.78, 5) is 0. The van der Waals surface area contributed by atoms with E-state index in [2.05, 4.69) is 42.9 Å². The Bertz CT molecular complexity index is 251. The van der Waals surface area contributed by atoms with Gasteiger partial charge < -0.3 is 4.57 Å². The Morgan fingerprint density at radius 1 is 0.722 bits per heavy atom. The van der Waals surface area contributed by atoms with E-state index in [9.17, 15) is 0 Å². The van der Waals surface area contributed by atoms with E-state index in [1.807, 2.05) is 0 Å². The molecule has 0 saturated heterocycles. The lowest BCUT2D eigenvalue weighted by Crippen LogP contribution is -2.07. The maximum Gasteiger partial charge on any atom is 0.0330 e. The van der Waals surface area contributed by atoms with Crippen LogP contribution in [0.4, 0.5) is 0 Å². The van der Waals surface area contributed by atoms with Crippen LogP contribution in [0.3, 0.4) is 0 Å². The van der Waals surface area contributed by atoms with Crippen LogP contribution in [0, 0.1) is 0 Å². The van der Waals surface area contributed by atoms with Crippen molar-refractivity contribution >= 4 is 0 Å². The first-order chi connectivity index (χ1) is 8.88. The predicted octanol–water partition coefficient (Wildman–Crippen LogP) is 5.97. The van der Waals surface area contributed by atoms with Crippen LogP contribution in [0.2, 0.25) is 0 Å². The van der Waals surface area contributed by atoms with Crippen LogP contribution in [0.1, 0.15) is 84.1 Å². The Labute approximate surface area is 114 Å². The number of hydrogen-bond donors (Lipinski definition) is 0. The third kappa shape index (κ3) is 6.28. The molecule has 0 unspecified atom stereocenters. The Morgan fingerprint density at radius 2 is 1.22 bits per heavy atom. The summed E-state index contributed by atoms with van der Waals surface area (Å²) in [6, 6.07) is 5.06. The fourth-order valence-corrected chi connectivity index (χ4v) is 2.65. The SMILES string of the molecule is CCCCCCC(CCCCCC)n1cccc1. The average Bonchev–Trinajstić information content (AvgIpc) is 2.91. The van der Waals surface area contributed by atoms with Crippen molar-refractivity contribution in [1.29, 1.82) is 0 Å². The third-order valence-corrected chi connectivity index (χ3v) is 3.83. The lowest BCUT2D eigenvalue weighted by Gasteiger charge is -2.19. The van der Waals surface area contributed by atoms with E-state index < -0.39 is 0 Å². The smallest absolute Gasteiger partial charge is 0.0330 e. The molecule has 1 rings (SSSR count). The molecule has 0 amide bonds. The van der Waals surface area contributed by atoms with Crippen molar-refractivity contribution in [2.45, 2.75) is 84.1 Å². The van der Waals surface area contributed by atoms with Gasteiger partial charge in [0.25, 0.3) is 0 Å². The van der Waals surface area contributed by atoms with Crippen molar-refractivity contribution in [3.8, 4) is 0 Å². The molecule has 18 heavy (non-hydrogen) atoms. The summed E-state index contributed by atoms with van der Waals surface area (Å²) in [7, 11) is 0. The lowest BCUT2D eigenvalue weighted by molar-refractivity contribution is 0.398. The van der Waals surface area contributed by atoms with E-state index >= 15 is 0 Å². The maximum atomic E-state index is 2.43. The molecule has 1 aromatic heterocycles. The molecular weight excluding hydrogens is 218 g/mol. The van der Waals surface area contributed by atoms with Crippen molar-refractivity contribution in [3.63, 3.8) is 0 Å². The molecule has 0 aliphatic rings. The van der Waals surface area contributed by atoms with Gasteiger partial charge in [-0.1, -0.05) is 65.2 Å². The number of hydrogen-bond acceptors (Lipinski definition) is 0. The molecule has 0 N–H and O–H groups in total. The van der Waals surface area contributed by atoms with Gasteiger partial charge in [0.15, 0.2) is 0 Å². The highest BCUT2D eigenvalue weighted by atomic mass is 15.0. The van der Waals surface area contributed by atoms with Gasteiger partial charge >= 0.3 is 0 Å². The topological polar surface area (TPSA) is 4.93 Å². The zero-order valence-electron chi connectivity index (χ0n) is 12.4. The summed E-state index contributed by atoms with van der Waals surface area (Å²) >= 11 is 0. The first kappa shape index (κ1) is 15.3. The molecule has 104 valence electrons. The molecule has 0 saturated carbocycles. The Hall–Kier alpha value is -0.720. The van der Waals surface area contributed by atoms with Gasteiger partial charge in [-0.05, 0) is 25.0 Å². The molecule has 1 aromatic rings. The highest BCUT2D eigenvalue weighted by molar-refractivity contribution is 4.93. The number of rotatable bonds is 11. The Balaban J connectivity index is 2.29. The van der Waals surface area contributed by atoms with Crippen LogP contribution >= 0.6 is 0 Å². The second-order valence-electron chi connectivity index (χ2n) is 5.48. The molecular formula is C17H31N. The minimum atomic E-state index is 0.744. The van der Waals surface area contributed by atoms with Crippen LogP contribution in [0.5, 0.6) is 0 Å². The molecule has 0 radical (unpaired) electrons. The van der Waals surface area contributed by atoms with Gasteiger partial charge in [-0.15, -0.1) is 0 Å². The van der Waals surface area contributed by atoms with Gasteiger partial charge in [0.2, 0.25) is 0 Å². The zero-order valence-corrected chi connectivity index (χ0v) is 12.4. The monoisotopic (exact) mass is 249 g/mol. The number of aromatic nitrogens is 1. The van der Waals surface area contributed by atoms with Gasteiger partial charge in [0, 0.05) is 18.4 Å². The minimum Gasteiger partial charge on any atom is -0.351 e. The fourth-order valence-electron chi connectivity index (χ4n) is 2.65. The van der Waals surface area contributed by atoms with E-state index in [4.69, 9.17) is 0 Å². The predicted molar refractivity (Wildman–Crippen MR) is 81.0 cm³/mol. The van der Waals surface area contributed by atoms with Gasteiger partial charge in [-0.25, -0.2) is 0 Å². The molecule has 0 fully saturated rings. The zero-order chi connectivity index (χ0) is 13.1. The molecule has 0 bridgehead atoms. The summed E-state index contributed by atoms with van der Waals surface area (Å²) in [6.07, 6.45) is 18.3. The van der Waals surface area contributed by atoms with Crippen molar-refractivity contribution in [1.82, 2.24) is 4.57 Å². The Kier molecular flexibility index (Phi) is 8.71. The van der Waals surface area contributed by atoms with Gasteiger partial charge in [0.1, 0.15) is 0 Å². The van der Waals surface area contributed by atoms with Crippen LogP contribution < -0.4 is 0 Å². The normalized spacial score (nSPS) is 11.3. The van der Waals surface area contributed by atoms with E-state index in [-0.39, 0.29) is 0 Å². The largest absolute Gasteiger partial charge is 0.351 e. The second-order valence-corrected chi connectivity index (χ2v) is 5.48. The van der Waals surface area contributed by atoms with Crippen molar-refractivity contribution in [2.75, 3.05) is 0 Å². The fraction of sp³-hybridized carbons (Fsp3) is 0.765. The molecule has 0 atom stereocenters. The standard InChI is InChI=1S/C17H31N/c1-3-5-7-9-13-17(14-10-8-6-4-2)18-15-11-12-16-18/h11-12,15-17H,3-10,13-14H2,1-2H3. The molecule has 1 heteroatoms. The minimum absolute atomic E-state index is 0.744. The number of unbranched alkanes of at least 4 members (excludes halogenated alkanes) is 6. The third-order valence-electron chi connectivity index (χ3n) is 3.83. The van der Waals surface area contributed by atoms with E-state index in [0.717, 1.165) is 6.04 Å². The van der Waals surface area contributed by atoms with Gasteiger partial charge in [0.05, 0.1) is 0 Å². The van der Waals surface area contributed by atoms with E-state index in [0.29, 0.717) is 0 Å². The van der Waals surface area contributed by atoms with Crippen LogP contribution in [-0.4, -0.2) is 4.57 Å². The second kappa shape index (κ2) is 10.2. The summed E-state index contributed by atoms with van der Waals surface area (Å²) in [5, 5.41) is 0. The molecule has 0 aliphatic heterocycles. The van der Waals surface area contributed by atoms with Crippen molar-refractivity contribution < 1.29 is 0 Å². The highest BCUT2D eigenvalue weighted by Gasteiger charge is 2.09. The molecule has 0 spiro atoms. The lowest BCUT2D eigenvalue weighted by atomic mass is 10.0. The number of nitrogens with zero attached hydrogens (tertiary/aromatic N) is 1. The summed E-state index contributed by atoms with van der Waals surface area (Å²) in [5.74, 6) is 0. The first-order valence-electron chi connectivity index (χ1n) is 8.01. The summed E-state index contributed by atoms with van der Waals surface area (Å²) < 4.78 is 2.43. The Morgan fingerprint density at radius 3 is 1.67 bits per heavy atom. The first-order valence-corrected chi connectivity index (χ1v) is 8.01. The van der Waals surface area contributed by atoms with Gasteiger partial charge in [-0.2, -0.15) is 0 Å². The maximum absolute atomic E-state index is 2.43. The van der Waals surface area contributed by atoms with Crippen LogP contribution in [0.15, 0.2) is 24.5 Å². The van der Waals surface area contributed by atoms with Crippen LogP contribution in [-0.2, 0) is 0 Å². The quantitative estimate of drug-likeness (QED) is 0.426. The van der Waals surface area contributed by atoms with E-state index in [1.165, 1.54) is 64.2 Å². The van der Waals surface area contributed by atoms with Crippen molar-refractivity contribution in [3.05, 3.63) is 24.5 Å². The summed E-state index contributed by atoms with van der Waals surface area (Å²) in [5.41, 5.74) is 0. The van der Waals surface area contributed by atoms with Gasteiger partial charge in [-0.3, -0.25) is 0 Å². The van der Waals surface area contributed by atoms with Crippen LogP contribution in [0.25, 0.3) is 0 Å².